The zero-order chi connectivity index (χ0) is 21.6. The minimum absolute atomic E-state index is 0.0591. The number of ether oxygens (including phenoxy) is 2. The molecule has 0 bridgehead atoms. The third-order valence-corrected chi connectivity index (χ3v) is 6.04. The first-order valence-corrected chi connectivity index (χ1v) is 11.1. The molecule has 0 radical (unpaired) electrons. The number of methoxy groups -OCH3 is 1. The van der Waals surface area contributed by atoms with Crippen molar-refractivity contribution in [3.63, 3.8) is 0 Å². The second-order valence-electron chi connectivity index (χ2n) is 8.27. The highest BCUT2D eigenvalue weighted by Crippen LogP contribution is 2.26. The molecule has 2 aliphatic rings. The van der Waals surface area contributed by atoms with Crippen LogP contribution in [0.3, 0.4) is 0 Å². The molecule has 1 aromatic heterocycles. The molecule has 4 rings (SSSR count). The molecule has 31 heavy (non-hydrogen) atoms. The van der Waals surface area contributed by atoms with Gasteiger partial charge in [-0.3, -0.25) is 0 Å². The van der Waals surface area contributed by atoms with Gasteiger partial charge in [-0.1, -0.05) is 25.3 Å². The van der Waals surface area contributed by atoms with E-state index in [1.165, 1.54) is 25.6 Å². The van der Waals surface area contributed by atoms with Crippen LogP contribution in [0.2, 0.25) is 0 Å². The highest BCUT2D eigenvalue weighted by Gasteiger charge is 2.29. The highest BCUT2D eigenvalue weighted by molar-refractivity contribution is 5.75. The van der Waals surface area contributed by atoms with Gasteiger partial charge in [-0.2, -0.15) is 0 Å². The first-order chi connectivity index (χ1) is 15.1. The number of urea groups is 1. The Labute approximate surface area is 183 Å². The van der Waals surface area contributed by atoms with Gasteiger partial charge in [0.1, 0.15) is 23.6 Å². The molecule has 8 heteroatoms. The Kier molecular flexibility index (Phi) is 6.74. The maximum absolute atomic E-state index is 12.8. The number of nitrogens with one attached hydrogen (secondary N) is 1. The molecule has 1 saturated carbocycles. The number of amides is 2. The largest absolute Gasteiger partial charge is 0.497 e. The van der Waals surface area contributed by atoms with Crippen molar-refractivity contribution in [3.05, 3.63) is 36.7 Å². The van der Waals surface area contributed by atoms with Gasteiger partial charge in [0.05, 0.1) is 7.11 Å². The molecule has 1 aliphatic heterocycles. The smallest absolute Gasteiger partial charge is 0.317 e. The number of anilines is 1. The van der Waals surface area contributed by atoms with Crippen LogP contribution in [-0.4, -0.2) is 59.7 Å². The molecule has 1 atom stereocenters. The molecule has 2 fully saturated rings. The maximum Gasteiger partial charge on any atom is 0.317 e. The number of carbonyl (C=O) groups excluding carboxylic acids is 1. The van der Waals surface area contributed by atoms with Crippen LogP contribution < -0.4 is 19.7 Å². The predicted molar refractivity (Wildman–Crippen MR) is 119 cm³/mol. The molecular formula is C23H31N5O3. The standard InChI is InChI=1S/C23H31N5O3/c1-17-15-27(11-12-28(17)23(29)26-18-7-4-3-5-8-18)21-14-22(25-16-24-21)31-20-10-6-9-19(13-20)30-2/h6,9-10,13-14,16-18H,3-5,7-8,11-12,15H2,1-2H3,(H,26,29)/t17-/m1/s1. The third kappa shape index (κ3) is 5.37. The van der Waals surface area contributed by atoms with E-state index in [9.17, 15) is 4.79 Å². The van der Waals surface area contributed by atoms with Gasteiger partial charge in [0, 0.05) is 43.9 Å². The fourth-order valence-corrected chi connectivity index (χ4v) is 4.32. The number of aromatic nitrogens is 2. The highest BCUT2D eigenvalue weighted by atomic mass is 16.5. The van der Waals surface area contributed by atoms with Crippen molar-refractivity contribution in [2.24, 2.45) is 0 Å². The van der Waals surface area contributed by atoms with Gasteiger partial charge in [0.2, 0.25) is 5.88 Å². The molecule has 2 heterocycles. The molecule has 2 amide bonds. The predicted octanol–water partition coefficient (Wildman–Crippen LogP) is 3.83. The van der Waals surface area contributed by atoms with Gasteiger partial charge < -0.3 is 24.6 Å². The van der Waals surface area contributed by atoms with Gasteiger partial charge >= 0.3 is 6.03 Å². The summed E-state index contributed by atoms with van der Waals surface area (Å²) in [6, 6.07) is 9.72. The van der Waals surface area contributed by atoms with E-state index < -0.39 is 0 Å². The van der Waals surface area contributed by atoms with Crippen LogP contribution in [0.1, 0.15) is 39.0 Å². The second kappa shape index (κ2) is 9.85. The molecule has 8 nitrogen and oxygen atoms in total. The lowest BCUT2D eigenvalue weighted by Crippen LogP contribution is -2.58. The van der Waals surface area contributed by atoms with Crippen LogP contribution in [0.15, 0.2) is 36.7 Å². The van der Waals surface area contributed by atoms with E-state index in [0.29, 0.717) is 30.8 Å². The molecule has 0 unspecified atom stereocenters. The zero-order valence-corrected chi connectivity index (χ0v) is 18.3. The summed E-state index contributed by atoms with van der Waals surface area (Å²) in [6.07, 6.45) is 7.40. The summed E-state index contributed by atoms with van der Waals surface area (Å²) in [7, 11) is 1.62. The van der Waals surface area contributed by atoms with Crippen molar-refractivity contribution in [3.8, 4) is 17.4 Å². The summed E-state index contributed by atoms with van der Waals surface area (Å²) in [4.78, 5) is 25.6. The number of hydrogen-bond donors (Lipinski definition) is 1. The first kappa shape index (κ1) is 21.2. The van der Waals surface area contributed by atoms with Gasteiger partial charge in [-0.05, 0) is 31.9 Å². The molecule has 0 spiro atoms. The van der Waals surface area contributed by atoms with E-state index in [0.717, 1.165) is 31.0 Å². The normalized spacial score (nSPS) is 19.7. The summed E-state index contributed by atoms with van der Waals surface area (Å²) in [5.41, 5.74) is 0. The number of hydrogen-bond acceptors (Lipinski definition) is 6. The Morgan fingerprint density at radius 3 is 2.68 bits per heavy atom. The van der Waals surface area contributed by atoms with Crippen molar-refractivity contribution in [1.82, 2.24) is 20.2 Å². The van der Waals surface area contributed by atoms with E-state index in [4.69, 9.17) is 9.47 Å². The van der Waals surface area contributed by atoms with Crippen LogP contribution in [-0.2, 0) is 0 Å². The minimum atomic E-state index is 0.0591. The molecular weight excluding hydrogens is 394 g/mol. The van der Waals surface area contributed by atoms with E-state index in [1.807, 2.05) is 35.2 Å². The summed E-state index contributed by atoms with van der Waals surface area (Å²) in [6.45, 7) is 4.18. The third-order valence-electron chi connectivity index (χ3n) is 6.04. The summed E-state index contributed by atoms with van der Waals surface area (Å²) >= 11 is 0. The Hall–Kier alpha value is -3.03. The van der Waals surface area contributed by atoms with Crippen LogP contribution in [0.5, 0.6) is 17.4 Å². The Morgan fingerprint density at radius 1 is 1.10 bits per heavy atom. The van der Waals surface area contributed by atoms with Crippen LogP contribution in [0.4, 0.5) is 10.6 Å². The molecule has 166 valence electrons. The Morgan fingerprint density at radius 2 is 1.90 bits per heavy atom. The topological polar surface area (TPSA) is 79.8 Å². The molecule has 1 saturated heterocycles. The summed E-state index contributed by atoms with van der Waals surface area (Å²) < 4.78 is 11.1. The fraction of sp³-hybridized carbons (Fsp3) is 0.522. The van der Waals surface area contributed by atoms with Gasteiger partial charge in [-0.25, -0.2) is 14.8 Å². The van der Waals surface area contributed by atoms with Crippen LogP contribution >= 0.6 is 0 Å². The van der Waals surface area contributed by atoms with Gasteiger partial charge in [0.25, 0.3) is 0 Å². The van der Waals surface area contributed by atoms with Crippen LogP contribution in [0, 0.1) is 0 Å². The SMILES string of the molecule is COc1cccc(Oc2cc(N3CCN(C(=O)NC4CCCCC4)[C@H](C)C3)ncn2)c1. The molecule has 1 aromatic carbocycles. The molecule has 1 aliphatic carbocycles. The fourth-order valence-electron chi connectivity index (χ4n) is 4.32. The van der Waals surface area contributed by atoms with E-state index >= 15 is 0 Å². The quantitative estimate of drug-likeness (QED) is 0.784. The molecule has 1 N–H and O–H groups in total. The van der Waals surface area contributed by atoms with E-state index in [2.05, 4.69) is 27.1 Å². The summed E-state index contributed by atoms with van der Waals surface area (Å²) in [5, 5.41) is 3.23. The second-order valence-corrected chi connectivity index (χ2v) is 8.27. The van der Waals surface area contributed by atoms with E-state index in [-0.39, 0.29) is 12.1 Å². The number of nitrogens with zero attached hydrogens (tertiary/aromatic N) is 4. The minimum Gasteiger partial charge on any atom is -0.497 e. The van der Waals surface area contributed by atoms with Crippen molar-refractivity contribution in [1.29, 1.82) is 0 Å². The number of rotatable bonds is 5. The Bertz CT molecular complexity index is 887. The first-order valence-electron chi connectivity index (χ1n) is 11.1. The number of carbonyl (C=O) groups is 1. The van der Waals surface area contributed by atoms with Crippen molar-refractivity contribution in [2.75, 3.05) is 31.6 Å². The van der Waals surface area contributed by atoms with Crippen molar-refractivity contribution < 1.29 is 14.3 Å². The zero-order valence-electron chi connectivity index (χ0n) is 18.3. The average molecular weight is 426 g/mol. The lowest BCUT2D eigenvalue weighted by atomic mass is 9.96. The van der Waals surface area contributed by atoms with Crippen molar-refractivity contribution in [2.45, 2.75) is 51.1 Å². The monoisotopic (exact) mass is 425 g/mol. The van der Waals surface area contributed by atoms with Gasteiger partial charge in [0.15, 0.2) is 0 Å². The lowest BCUT2D eigenvalue weighted by Gasteiger charge is -2.41. The number of benzene rings is 1. The number of piperazine rings is 1. The van der Waals surface area contributed by atoms with E-state index in [1.54, 1.807) is 7.11 Å². The molecule has 2 aromatic rings. The lowest BCUT2D eigenvalue weighted by molar-refractivity contribution is 0.165. The van der Waals surface area contributed by atoms with Gasteiger partial charge in [-0.15, -0.1) is 0 Å². The summed E-state index contributed by atoms with van der Waals surface area (Å²) in [5.74, 6) is 2.65. The van der Waals surface area contributed by atoms with Crippen LogP contribution in [0.25, 0.3) is 0 Å². The maximum atomic E-state index is 12.8. The Balaban J connectivity index is 1.36. The van der Waals surface area contributed by atoms with Crippen molar-refractivity contribution >= 4 is 11.8 Å². The average Bonchev–Trinajstić information content (AvgIpc) is 2.80.